The number of hydrogen-bond acceptors (Lipinski definition) is 3. The Morgan fingerprint density at radius 2 is 1.54 bits per heavy atom. The van der Waals surface area contributed by atoms with Crippen molar-refractivity contribution in [3.05, 3.63) is 0 Å². The molecule has 0 fully saturated rings. The minimum absolute atomic E-state index is 0.708. The zero-order valence-electron chi connectivity index (χ0n) is 8.21. The van der Waals surface area contributed by atoms with E-state index in [1.807, 2.05) is 0 Å². The first-order valence-electron chi connectivity index (χ1n) is 3.86. The molecule has 0 saturated carbocycles. The van der Waals surface area contributed by atoms with Gasteiger partial charge in [-0.1, -0.05) is 0 Å². The highest BCUT2D eigenvalue weighted by Gasteiger charge is 2.34. The molecule has 0 spiro atoms. The minimum atomic E-state index is -1.56. The van der Waals surface area contributed by atoms with Gasteiger partial charge in [-0.25, -0.2) is 4.79 Å². The number of aliphatic carboxylic acids is 1. The van der Waals surface area contributed by atoms with Crippen molar-refractivity contribution in [3.63, 3.8) is 0 Å². The average molecular weight is 189 g/mol. The summed E-state index contributed by atoms with van der Waals surface area (Å²) in [5.41, 5.74) is -2.93. The second kappa shape index (κ2) is 3.33. The predicted molar refractivity (Wildman–Crippen MR) is 46.2 cm³/mol. The van der Waals surface area contributed by atoms with Gasteiger partial charge in [0.2, 0.25) is 0 Å². The van der Waals surface area contributed by atoms with Crippen LogP contribution in [-0.4, -0.2) is 33.2 Å². The molecule has 0 aromatic heterocycles. The fraction of sp³-hybridized carbons (Fsp3) is 0.750. The zero-order chi connectivity index (χ0) is 10.9. The number of rotatable bonds is 3. The number of carboxylic acids is 1. The smallest absolute Gasteiger partial charge is 0.328 e. The lowest BCUT2D eigenvalue weighted by atomic mass is 10.0. The number of amides is 1. The van der Waals surface area contributed by atoms with E-state index in [9.17, 15) is 14.7 Å². The number of hydrogen-bond donors (Lipinski definition) is 3. The fourth-order valence-corrected chi connectivity index (χ4v) is 0.490. The summed E-state index contributed by atoms with van der Waals surface area (Å²) in [4.78, 5) is 21.7. The topological polar surface area (TPSA) is 86.6 Å². The summed E-state index contributed by atoms with van der Waals surface area (Å²) in [6.45, 7) is 5.28. The van der Waals surface area contributed by atoms with E-state index in [2.05, 4.69) is 5.32 Å². The van der Waals surface area contributed by atoms with Crippen LogP contribution in [0.25, 0.3) is 0 Å². The standard InChI is InChI=1S/C8H15NO4/c1-7(2,6(11)12)9-5(10)8(3,4)13/h13H,1-4H3,(H,9,10)(H,11,12). The van der Waals surface area contributed by atoms with Crippen LogP contribution in [0.5, 0.6) is 0 Å². The first kappa shape index (κ1) is 11.9. The van der Waals surface area contributed by atoms with E-state index in [0.717, 1.165) is 0 Å². The Morgan fingerprint density at radius 3 is 1.77 bits per heavy atom. The largest absolute Gasteiger partial charge is 0.480 e. The Kier molecular flexibility index (Phi) is 3.05. The molecule has 3 N–H and O–H groups in total. The molecule has 0 unspecified atom stereocenters. The molecule has 0 saturated heterocycles. The van der Waals surface area contributed by atoms with Crippen LogP contribution in [0, 0.1) is 0 Å². The summed E-state index contributed by atoms with van der Waals surface area (Å²) >= 11 is 0. The summed E-state index contributed by atoms with van der Waals surface area (Å²) < 4.78 is 0. The van der Waals surface area contributed by atoms with E-state index in [1.54, 1.807) is 0 Å². The molecular formula is C8H15NO4. The molecule has 0 aromatic carbocycles. The van der Waals surface area contributed by atoms with E-state index < -0.39 is 23.0 Å². The molecule has 0 bridgehead atoms. The van der Waals surface area contributed by atoms with Gasteiger partial charge >= 0.3 is 5.97 Å². The third-order valence-electron chi connectivity index (χ3n) is 1.52. The molecule has 0 aliphatic carbocycles. The van der Waals surface area contributed by atoms with E-state index in [1.165, 1.54) is 27.7 Å². The predicted octanol–water partition coefficient (Wildman–Crippen LogP) is -0.263. The molecule has 0 aromatic rings. The van der Waals surface area contributed by atoms with Crippen molar-refractivity contribution in [2.45, 2.75) is 38.8 Å². The Morgan fingerprint density at radius 1 is 1.15 bits per heavy atom. The van der Waals surface area contributed by atoms with Gasteiger partial charge in [0, 0.05) is 0 Å². The van der Waals surface area contributed by atoms with Crippen LogP contribution in [-0.2, 0) is 9.59 Å². The van der Waals surface area contributed by atoms with E-state index >= 15 is 0 Å². The molecule has 0 radical (unpaired) electrons. The maximum Gasteiger partial charge on any atom is 0.328 e. The van der Waals surface area contributed by atoms with Crippen LogP contribution < -0.4 is 5.32 Å². The molecule has 0 rings (SSSR count). The second-order valence-corrected chi connectivity index (χ2v) is 3.94. The molecular weight excluding hydrogens is 174 g/mol. The number of carbonyl (C=O) groups excluding carboxylic acids is 1. The van der Waals surface area contributed by atoms with Gasteiger partial charge in [-0.3, -0.25) is 4.79 Å². The Balaban J connectivity index is 4.47. The molecule has 0 aliphatic rings. The molecule has 0 atom stereocenters. The van der Waals surface area contributed by atoms with Crippen LogP contribution in [0.4, 0.5) is 0 Å². The molecule has 0 aliphatic heterocycles. The molecule has 76 valence electrons. The van der Waals surface area contributed by atoms with Crippen molar-refractivity contribution < 1.29 is 19.8 Å². The monoisotopic (exact) mass is 189 g/mol. The van der Waals surface area contributed by atoms with Gasteiger partial charge in [-0.2, -0.15) is 0 Å². The van der Waals surface area contributed by atoms with Crippen molar-refractivity contribution in [2.24, 2.45) is 0 Å². The van der Waals surface area contributed by atoms with Crippen LogP contribution in [0.2, 0.25) is 0 Å². The average Bonchev–Trinajstić information content (AvgIpc) is 1.83. The molecule has 5 heteroatoms. The summed E-state index contributed by atoms with van der Waals surface area (Å²) in [5, 5.41) is 20.1. The van der Waals surface area contributed by atoms with Gasteiger partial charge in [0.05, 0.1) is 0 Å². The summed E-state index contributed by atoms with van der Waals surface area (Å²) in [6, 6.07) is 0. The minimum Gasteiger partial charge on any atom is -0.480 e. The molecule has 0 heterocycles. The van der Waals surface area contributed by atoms with E-state index in [0.29, 0.717) is 0 Å². The second-order valence-electron chi connectivity index (χ2n) is 3.94. The number of aliphatic hydroxyl groups is 1. The highest BCUT2D eigenvalue weighted by atomic mass is 16.4. The van der Waals surface area contributed by atoms with E-state index in [-0.39, 0.29) is 0 Å². The van der Waals surface area contributed by atoms with Crippen molar-refractivity contribution in [3.8, 4) is 0 Å². The SMILES string of the molecule is CC(C)(O)C(=O)NC(C)(C)C(=O)O. The Bertz CT molecular complexity index is 227. The molecule has 13 heavy (non-hydrogen) atoms. The molecule has 1 amide bonds. The van der Waals surface area contributed by atoms with Crippen molar-refractivity contribution in [1.82, 2.24) is 5.32 Å². The number of carbonyl (C=O) groups is 2. The third-order valence-corrected chi connectivity index (χ3v) is 1.52. The van der Waals surface area contributed by atoms with E-state index in [4.69, 9.17) is 5.11 Å². The lowest BCUT2D eigenvalue weighted by Crippen LogP contribution is -2.55. The van der Waals surface area contributed by atoms with Crippen molar-refractivity contribution in [2.75, 3.05) is 0 Å². The van der Waals surface area contributed by atoms with Gasteiger partial charge in [0.25, 0.3) is 5.91 Å². The van der Waals surface area contributed by atoms with Crippen molar-refractivity contribution in [1.29, 1.82) is 0 Å². The Hall–Kier alpha value is -1.10. The first-order chi connectivity index (χ1) is 5.57. The van der Waals surface area contributed by atoms with Gasteiger partial charge in [-0.15, -0.1) is 0 Å². The fourth-order valence-electron chi connectivity index (χ4n) is 0.490. The van der Waals surface area contributed by atoms with Crippen LogP contribution >= 0.6 is 0 Å². The number of nitrogens with one attached hydrogen (secondary N) is 1. The quantitative estimate of drug-likeness (QED) is 0.570. The van der Waals surface area contributed by atoms with Crippen LogP contribution in [0.1, 0.15) is 27.7 Å². The highest BCUT2D eigenvalue weighted by Crippen LogP contribution is 2.07. The van der Waals surface area contributed by atoms with Crippen molar-refractivity contribution >= 4 is 11.9 Å². The maximum absolute atomic E-state index is 11.2. The summed E-state index contributed by atoms with van der Waals surface area (Å²) in [6.07, 6.45) is 0. The third kappa shape index (κ3) is 3.42. The summed E-state index contributed by atoms with van der Waals surface area (Å²) in [5.74, 6) is -1.86. The van der Waals surface area contributed by atoms with Gasteiger partial charge in [0.1, 0.15) is 11.1 Å². The van der Waals surface area contributed by atoms with Gasteiger partial charge in [0.15, 0.2) is 0 Å². The Labute approximate surface area is 76.8 Å². The highest BCUT2D eigenvalue weighted by molar-refractivity contribution is 5.90. The zero-order valence-corrected chi connectivity index (χ0v) is 8.21. The first-order valence-corrected chi connectivity index (χ1v) is 3.86. The summed E-state index contributed by atoms with van der Waals surface area (Å²) in [7, 11) is 0. The van der Waals surface area contributed by atoms with Gasteiger partial charge in [-0.05, 0) is 27.7 Å². The maximum atomic E-state index is 11.2. The number of carboxylic acid groups (broad SMARTS) is 1. The van der Waals surface area contributed by atoms with Crippen LogP contribution in [0.3, 0.4) is 0 Å². The van der Waals surface area contributed by atoms with Gasteiger partial charge < -0.3 is 15.5 Å². The lowest BCUT2D eigenvalue weighted by molar-refractivity contribution is -0.149. The lowest BCUT2D eigenvalue weighted by Gasteiger charge is -2.25. The normalized spacial score (nSPS) is 12.4. The van der Waals surface area contributed by atoms with Crippen LogP contribution in [0.15, 0.2) is 0 Å². The molecule has 5 nitrogen and oxygen atoms in total.